The summed E-state index contributed by atoms with van der Waals surface area (Å²) in [5.74, 6) is -0.422. The van der Waals surface area contributed by atoms with E-state index in [2.05, 4.69) is 15.6 Å². The summed E-state index contributed by atoms with van der Waals surface area (Å²) in [5, 5.41) is 11.1. The minimum Gasteiger partial charge on any atom is -0.383 e. The molecular formula is C23H27FN4O2. The Hall–Kier alpha value is -3.06. The number of hydrogen-bond donors (Lipinski definition) is 1. The van der Waals surface area contributed by atoms with Crippen LogP contribution in [0.2, 0.25) is 0 Å². The van der Waals surface area contributed by atoms with Gasteiger partial charge < -0.3 is 10.1 Å². The molecule has 1 aromatic heterocycles. The fraction of sp³-hybridized carbons (Fsp3) is 0.348. The predicted octanol–water partition coefficient (Wildman–Crippen LogP) is 4.27. The van der Waals surface area contributed by atoms with Gasteiger partial charge in [0.1, 0.15) is 5.82 Å². The number of carbonyl (C=O) groups is 1. The first-order valence-electron chi connectivity index (χ1n) is 9.92. The number of methoxy groups -OCH3 is 1. The molecule has 0 fully saturated rings. The summed E-state index contributed by atoms with van der Waals surface area (Å²) in [7, 11) is 1.58. The van der Waals surface area contributed by atoms with Crippen molar-refractivity contribution in [3.8, 4) is 16.8 Å². The lowest BCUT2D eigenvalue weighted by molar-refractivity contribution is 0.0905. The number of hydrogen-bond acceptors (Lipinski definition) is 4. The smallest absolute Gasteiger partial charge is 0.251 e. The maximum absolute atomic E-state index is 14.7. The van der Waals surface area contributed by atoms with Gasteiger partial charge in [0.05, 0.1) is 24.2 Å². The zero-order chi connectivity index (χ0) is 21.8. The maximum Gasteiger partial charge on any atom is 0.251 e. The number of nitrogens with one attached hydrogen (secondary N) is 1. The zero-order valence-electron chi connectivity index (χ0n) is 17.9. The predicted molar refractivity (Wildman–Crippen MR) is 114 cm³/mol. The average Bonchev–Trinajstić information content (AvgIpc) is 3.18. The van der Waals surface area contributed by atoms with E-state index in [1.165, 1.54) is 6.07 Å². The van der Waals surface area contributed by atoms with Crippen LogP contribution in [0.25, 0.3) is 16.8 Å². The fourth-order valence-corrected chi connectivity index (χ4v) is 3.31. The van der Waals surface area contributed by atoms with Crippen molar-refractivity contribution in [2.24, 2.45) is 0 Å². The van der Waals surface area contributed by atoms with Gasteiger partial charge in [0.2, 0.25) is 0 Å². The Morgan fingerprint density at radius 2 is 1.97 bits per heavy atom. The van der Waals surface area contributed by atoms with Crippen LogP contribution < -0.4 is 5.32 Å². The molecule has 0 aliphatic heterocycles. The van der Waals surface area contributed by atoms with Crippen LogP contribution in [0.5, 0.6) is 0 Å². The van der Waals surface area contributed by atoms with Crippen LogP contribution in [-0.4, -0.2) is 40.7 Å². The van der Waals surface area contributed by atoms with E-state index >= 15 is 0 Å². The molecule has 158 valence electrons. The molecule has 30 heavy (non-hydrogen) atoms. The van der Waals surface area contributed by atoms with E-state index in [0.29, 0.717) is 29.0 Å². The number of aromatic nitrogens is 3. The van der Waals surface area contributed by atoms with Crippen molar-refractivity contribution >= 4 is 5.91 Å². The maximum atomic E-state index is 14.7. The minimum absolute atomic E-state index is 0.164. The highest BCUT2D eigenvalue weighted by Gasteiger charge is 2.17. The highest BCUT2D eigenvalue weighted by Crippen LogP contribution is 2.28. The summed E-state index contributed by atoms with van der Waals surface area (Å²) in [6.45, 7) is 8.17. The third kappa shape index (κ3) is 4.74. The number of halogens is 1. The third-order valence-electron chi connectivity index (χ3n) is 4.82. The van der Waals surface area contributed by atoms with E-state index in [-0.39, 0.29) is 23.7 Å². The number of ether oxygens (including phenoxy) is 1. The van der Waals surface area contributed by atoms with Crippen LogP contribution in [0.15, 0.2) is 42.6 Å². The summed E-state index contributed by atoms with van der Waals surface area (Å²) in [6, 6.07) is 10.2. The van der Waals surface area contributed by atoms with Crippen molar-refractivity contribution < 1.29 is 13.9 Å². The number of rotatable bonds is 7. The van der Waals surface area contributed by atoms with Crippen LogP contribution in [0, 0.1) is 12.7 Å². The highest BCUT2D eigenvalue weighted by atomic mass is 19.1. The Bertz CT molecular complexity index is 1050. The molecule has 0 aliphatic carbocycles. The van der Waals surface area contributed by atoms with Gasteiger partial charge in [0.25, 0.3) is 5.91 Å². The van der Waals surface area contributed by atoms with Gasteiger partial charge in [-0.25, -0.2) is 9.07 Å². The molecule has 0 spiro atoms. The molecule has 0 bridgehead atoms. The standard InChI is InChI=1S/C23H27FN4O2/c1-14(2)22-12-25-27-28(22)19-10-17(20-7-6-15(3)8-21(20)24)9-18(11-19)23(29)26-16(4)13-30-5/h6-12,14,16H,13H2,1-5H3,(H,26,29)/t16-/m1/s1. The average molecular weight is 410 g/mol. The Kier molecular flexibility index (Phi) is 6.62. The van der Waals surface area contributed by atoms with E-state index in [0.717, 1.165) is 11.3 Å². The van der Waals surface area contributed by atoms with Crippen molar-refractivity contribution in [3.63, 3.8) is 0 Å². The van der Waals surface area contributed by atoms with E-state index in [1.807, 2.05) is 39.8 Å². The first kappa shape index (κ1) is 21.6. The molecule has 6 nitrogen and oxygen atoms in total. The van der Waals surface area contributed by atoms with Gasteiger partial charge in [0, 0.05) is 24.3 Å². The number of benzene rings is 2. The second-order valence-corrected chi connectivity index (χ2v) is 7.81. The summed E-state index contributed by atoms with van der Waals surface area (Å²) < 4.78 is 21.5. The highest BCUT2D eigenvalue weighted by molar-refractivity contribution is 5.96. The number of amides is 1. The van der Waals surface area contributed by atoms with Gasteiger partial charge in [-0.3, -0.25) is 4.79 Å². The van der Waals surface area contributed by atoms with Crippen LogP contribution in [0.1, 0.15) is 48.3 Å². The lowest BCUT2D eigenvalue weighted by Crippen LogP contribution is -2.35. The van der Waals surface area contributed by atoms with Crippen molar-refractivity contribution in [1.29, 1.82) is 0 Å². The van der Waals surface area contributed by atoms with Gasteiger partial charge in [-0.1, -0.05) is 31.2 Å². The number of nitrogens with zero attached hydrogens (tertiary/aromatic N) is 3. The first-order chi connectivity index (χ1) is 14.3. The molecule has 0 saturated carbocycles. The fourth-order valence-electron chi connectivity index (χ4n) is 3.31. The van der Waals surface area contributed by atoms with Gasteiger partial charge >= 0.3 is 0 Å². The summed E-state index contributed by atoms with van der Waals surface area (Å²) in [4.78, 5) is 12.9. The summed E-state index contributed by atoms with van der Waals surface area (Å²) in [6.07, 6.45) is 1.70. The molecule has 1 N–H and O–H groups in total. The van der Waals surface area contributed by atoms with Gasteiger partial charge in [-0.15, -0.1) is 5.10 Å². The van der Waals surface area contributed by atoms with E-state index in [9.17, 15) is 9.18 Å². The largest absolute Gasteiger partial charge is 0.383 e. The normalized spacial score (nSPS) is 12.2. The molecule has 0 saturated heterocycles. The topological polar surface area (TPSA) is 69.0 Å². The lowest BCUT2D eigenvalue weighted by atomic mass is 9.99. The molecular weight excluding hydrogens is 383 g/mol. The molecule has 0 unspecified atom stereocenters. The second-order valence-electron chi connectivity index (χ2n) is 7.81. The molecule has 0 radical (unpaired) electrons. The van der Waals surface area contributed by atoms with Crippen LogP contribution in [0.4, 0.5) is 4.39 Å². The Labute approximate surface area is 176 Å². The SMILES string of the molecule is COC[C@@H](C)NC(=O)c1cc(-c2ccc(C)cc2F)cc(-n2nncc2C(C)C)c1. The molecule has 0 aliphatic rings. The Morgan fingerprint density at radius 3 is 2.63 bits per heavy atom. The van der Waals surface area contributed by atoms with E-state index < -0.39 is 0 Å². The summed E-state index contributed by atoms with van der Waals surface area (Å²) in [5.41, 5.74) is 3.81. The van der Waals surface area contributed by atoms with Crippen molar-refractivity contribution in [3.05, 3.63) is 65.2 Å². The molecule has 3 aromatic rings. The molecule has 7 heteroatoms. The molecule has 1 amide bonds. The van der Waals surface area contributed by atoms with Crippen molar-refractivity contribution in [1.82, 2.24) is 20.3 Å². The molecule has 3 rings (SSSR count). The Balaban J connectivity index is 2.12. The van der Waals surface area contributed by atoms with Gasteiger partial charge in [-0.05, 0) is 55.2 Å². The Morgan fingerprint density at radius 1 is 1.20 bits per heavy atom. The number of carbonyl (C=O) groups excluding carboxylic acids is 1. The molecule has 1 heterocycles. The summed E-state index contributed by atoms with van der Waals surface area (Å²) >= 11 is 0. The molecule has 1 atom stereocenters. The zero-order valence-corrected chi connectivity index (χ0v) is 17.9. The monoisotopic (exact) mass is 410 g/mol. The van der Waals surface area contributed by atoms with Crippen molar-refractivity contribution in [2.45, 2.75) is 39.7 Å². The van der Waals surface area contributed by atoms with Gasteiger partial charge in [0.15, 0.2) is 0 Å². The minimum atomic E-state index is -0.339. The quantitative estimate of drug-likeness (QED) is 0.632. The lowest BCUT2D eigenvalue weighted by Gasteiger charge is -2.16. The second kappa shape index (κ2) is 9.17. The van der Waals surface area contributed by atoms with Crippen LogP contribution in [0.3, 0.4) is 0 Å². The van der Waals surface area contributed by atoms with Crippen molar-refractivity contribution in [2.75, 3.05) is 13.7 Å². The van der Waals surface area contributed by atoms with Crippen LogP contribution in [-0.2, 0) is 4.74 Å². The van der Waals surface area contributed by atoms with Gasteiger partial charge in [-0.2, -0.15) is 0 Å². The molecule has 2 aromatic carbocycles. The van der Waals surface area contributed by atoms with E-state index in [4.69, 9.17) is 4.74 Å². The number of aryl methyl sites for hydroxylation is 1. The van der Waals surface area contributed by atoms with Crippen LogP contribution >= 0.6 is 0 Å². The van der Waals surface area contributed by atoms with E-state index in [1.54, 1.807) is 36.2 Å². The first-order valence-corrected chi connectivity index (χ1v) is 9.92. The third-order valence-corrected chi connectivity index (χ3v) is 4.82.